The molecule has 1 N–H and O–H groups in total. The summed E-state index contributed by atoms with van der Waals surface area (Å²) in [4.78, 5) is 24.1. The van der Waals surface area contributed by atoms with E-state index in [1.165, 1.54) is 6.21 Å². The first-order chi connectivity index (χ1) is 13.1. The van der Waals surface area contributed by atoms with Crippen LogP contribution >= 0.6 is 0 Å². The van der Waals surface area contributed by atoms with E-state index in [2.05, 4.69) is 10.5 Å². The highest BCUT2D eigenvalue weighted by molar-refractivity contribution is 5.95. The second-order valence-electron chi connectivity index (χ2n) is 5.89. The number of carbonyl (C=O) groups is 2. The van der Waals surface area contributed by atoms with Crippen molar-refractivity contribution in [2.24, 2.45) is 5.10 Å². The van der Waals surface area contributed by atoms with Crippen molar-refractivity contribution >= 4 is 18.1 Å². The van der Waals surface area contributed by atoms with Gasteiger partial charge in [0.25, 0.3) is 5.91 Å². The fraction of sp³-hybridized carbons (Fsp3) is 0.0455. The smallest absolute Gasteiger partial charge is 0.343 e. The molecule has 0 atom stereocenters. The molecule has 0 radical (unpaired) electrons. The summed E-state index contributed by atoms with van der Waals surface area (Å²) in [7, 11) is 0. The molecule has 0 heterocycles. The van der Waals surface area contributed by atoms with Crippen molar-refractivity contribution in [3.8, 4) is 5.75 Å². The van der Waals surface area contributed by atoms with Crippen LogP contribution in [0.25, 0.3) is 0 Å². The van der Waals surface area contributed by atoms with Crippen molar-refractivity contribution in [1.29, 1.82) is 0 Å². The standard InChI is InChI=1S/C22H18N2O3/c1-16-10-12-19(13-11-16)22(26)27-20-9-5-6-17(14-20)15-23-24-21(25)18-7-3-2-4-8-18/h2-15H,1H3,(H,24,25)/b23-15-. The third kappa shape index (κ3) is 5.12. The van der Waals surface area contributed by atoms with Gasteiger partial charge >= 0.3 is 5.97 Å². The van der Waals surface area contributed by atoms with Gasteiger partial charge in [-0.2, -0.15) is 5.10 Å². The predicted molar refractivity (Wildman–Crippen MR) is 104 cm³/mol. The van der Waals surface area contributed by atoms with Crippen molar-refractivity contribution in [3.63, 3.8) is 0 Å². The Morgan fingerprint density at radius 3 is 2.37 bits per heavy atom. The van der Waals surface area contributed by atoms with Crippen LogP contribution in [0, 0.1) is 6.92 Å². The first kappa shape index (κ1) is 18.1. The van der Waals surface area contributed by atoms with E-state index in [-0.39, 0.29) is 5.91 Å². The summed E-state index contributed by atoms with van der Waals surface area (Å²) in [5.74, 6) is -0.325. The van der Waals surface area contributed by atoms with Crippen LogP contribution in [-0.4, -0.2) is 18.1 Å². The molecule has 134 valence electrons. The Morgan fingerprint density at radius 1 is 0.889 bits per heavy atom. The number of ether oxygens (including phenoxy) is 1. The monoisotopic (exact) mass is 358 g/mol. The van der Waals surface area contributed by atoms with Crippen LogP contribution in [0.5, 0.6) is 5.75 Å². The van der Waals surface area contributed by atoms with E-state index >= 15 is 0 Å². The molecule has 0 aliphatic rings. The van der Waals surface area contributed by atoms with Crippen LogP contribution in [0.1, 0.15) is 31.8 Å². The zero-order valence-corrected chi connectivity index (χ0v) is 14.8. The molecule has 3 aromatic carbocycles. The minimum atomic E-state index is -0.429. The molecule has 0 spiro atoms. The molecule has 0 bridgehead atoms. The van der Waals surface area contributed by atoms with Gasteiger partial charge in [0, 0.05) is 5.56 Å². The molecular formula is C22H18N2O3. The van der Waals surface area contributed by atoms with E-state index in [0.29, 0.717) is 22.4 Å². The second kappa shape index (κ2) is 8.58. The number of carbonyl (C=O) groups excluding carboxylic acids is 2. The molecule has 27 heavy (non-hydrogen) atoms. The maximum absolute atomic E-state index is 12.2. The topological polar surface area (TPSA) is 67.8 Å². The number of esters is 1. The fourth-order valence-electron chi connectivity index (χ4n) is 2.33. The minimum absolute atomic E-state index is 0.297. The van der Waals surface area contributed by atoms with Crippen molar-refractivity contribution in [2.45, 2.75) is 6.92 Å². The van der Waals surface area contributed by atoms with Crippen molar-refractivity contribution in [3.05, 3.63) is 101 Å². The van der Waals surface area contributed by atoms with E-state index in [9.17, 15) is 9.59 Å². The Bertz CT molecular complexity index is 964. The third-order valence-electron chi connectivity index (χ3n) is 3.77. The molecule has 0 saturated carbocycles. The predicted octanol–water partition coefficient (Wildman–Crippen LogP) is 3.98. The van der Waals surface area contributed by atoms with Gasteiger partial charge in [-0.3, -0.25) is 4.79 Å². The van der Waals surface area contributed by atoms with Crippen LogP contribution in [0.4, 0.5) is 0 Å². The molecule has 0 aromatic heterocycles. The van der Waals surface area contributed by atoms with Gasteiger partial charge in [-0.05, 0) is 48.9 Å². The van der Waals surface area contributed by atoms with Gasteiger partial charge in [0.1, 0.15) is 5.75 Å². The molecule has 1 amide bonds. The normalized spacial score (nSPS) is 10.6. The number of hydrogen-bond acceptors (Lipinski definition) is 4. The third-order valence-corrected chi connectivity index (χ3v) is 3.77. The van der Waals surface area contributed by atoms with Crippen LogP contribution in [0.3, 0.4) is 0 Å². The summed E-state index contributed by atoms with van der Waals surface area (Å²) >= 11 is 0. The largest absolute Gasteiger partial charge is 0.423 e. The number of rotatable bonds is 5. The lowest BCUT2D eigenvalue weighted by molar-refractivity contribution is 0.0734. The van der Waals surface area contributed by atoms with Crippen LogP contribution < -0.4 is 10.2 Å². The van der Waals surface area contributed by atoms with Crippen molar-refractivity contribution in [2.75, 3.05) is 0 Å². The van der Waals surface area contributed by atoms with E-state index in [0.717, 1.165) is 5.56 Å². The summed E-state index contributed by atoms with van der Waals surface area (Å²) in [6.45, 7) is 1.95. The number of aryl methyl sites for hydroxylation is 1. The summed E-state index contributed by atoms with van der Waals surface area (Å²) in [6.07, 6.45) is 1.49. The minimum Gasteiger partial charge on any atom is -0.423 e. The van der Waals surface area contributed by atoms with Gasteiger partial charge in [-0.1, -0.05) is 48.0 Å². The molecule has 5 nitrogen and oxygen atoms in total. The van der Waals surface area contributed by atoms with E-state index in [1.54, 1.807) is 60.7 Å². The van der Waals surface area contributed by atoms with Crippen LogP contribution in [0.15, 0.2) is 84.0 Å². The average Bonchev–Trinajstić information content (AvgIpc) is 2.69. The summed E-state index contributed by atoms with van der Waals surface area (Å²) in [5.41, 5.74) is 5.23. The Kier molecular flexibility index (Phi) is 5.74. The van der Waals surface area contributed by atoms with Crippen molar-refractivity contribution in [1.82, 2.24) is 5.43 Å². The SMILES string of the molecule is Cc1ccc(C(=O)Oc2cccc(/C=N\NC(=O)c3ccccc3)c2)cc1. The number of amides is 1. The maximum Gasteiger partial charge on any atom is 0.343 e. The van der Waals surface area contributed by atoms with Gasteiger partial charge in [0.2, 0.25) is 0 Å². The highest BCUT2D eigenvalue weighted by atomic mass is 16.5. The Balaban J connectivity index is 1.62. The van der Waals surface area contributed by atoms with E-state index < -0.39 is 5.97 Å². The Morgan fingerprint density at radius 2 is 1.63 bits per heavy atom. The summed E-state index contributed by atoms with van der Waals surface area (Å²) in [5, 5.41) is 3.94. The van der Waals surface area contributed by atoms with Gasteiger partial charge in [-0.25, -0.2) is 10.2 Å². The highest BCUT2D eigenvalue weighted by Gasteiger charge is 2.08. The van der Waals surface area contributed by atoms with Crippen LogP contribution in [-0.2, 0) is 0 Å². The summed E-state index contributed by atoms with van der Waals surface area (Å²) < 4.78 is 5.39. The zero-order chi connectivity index (χ0) is 19.1. The quantitative estimate of drug-likeness (QED) is 0.325. The molecule has 0 aliphatic carbocycles. The molecule has 5 heteroatoms. The lowest BCUT2D eigenvalue weighted by atomic mass is 10.1. The first-order valence-electron chi connectivity index (χ1n) is 8.39. The average molecular weight is 358 g/mol. The Labute approximate surface area is 157 Å². The van der Waals surface area contributed by atoms with E-state index in [4.69, 9.17) is 4.74 Å². The highest BCUT2D eigenvalue weighted by Crippen LogP contribution is 2.15. The van der Waals surface area contributed by atoms with Gasteiger partial charge < -0.3 is 4.74 Å². The number of hydrazone groups is 1. The lowest BCUT2D eigenvalue weighted by Crippen LogP contribution is -2.17. The number of nitrogens with zero attached hydrogens (tertiary/aromatic N) is 1. The zero-order valence-electron chi connectivity index (χ0n) is 14.8. The molecular weight excluding hydrogens is 340 g/mol. The van der Waals surface area contributed by atoms with Gasteiger partial charge in [0.05, 0.1) is 11.8 Å². The number of nitrogens with one attached hydrogen (secondary N) is 1. The molecule has 0 fully saturated rings. The molecule has 0 saturated heterocycles. The molecule has 0 aliphatic heterocycles. The van der Waals surface area contributed by atoms with Crippen LogP contribution in [0.2, 0.25) is 0 Å². The van der Waals surface area contributed by atoms with Gasteiger partial charge in [-0.15, -0.1) is 0 Å². The molecule has 3 rings (SSSR count). The first-order valence-corrected chi connectivity index (χ1v) is 8.39. The summed E-state index contributed by atoms with van der Waals surface area (Å²) in [6, 6.07) is 22.9. The molecule has 3 aromatic rings. The maximum atomic E-state index is 12.2. The fourth-order valence-corrected chi connectivity index (χ4v) is 2.33. The second-order valence-corrected chi connectivity index (χ2v) is 5.89. The number of hydrogen-bond donors (Lipinski definition) is 1. The van der Waals surface area contributed by atoms with Gasteiger partial charge in [0.15, 0.2) is 0 Å². The molecule has 0 unspecified atom stereocenters. The lowest BCUT2D eigenvalue weighted by Gasteiger charge is -2.05. The van der Waals surface area contributed by atoms with E-state index in [1.807, 2.05) is 25.1 Å². The number of benzene rings is 3. The van der Waals surface area contributed by atoms with Crippen molar-refractivity contribution < 1.29 is 14.3 Å². The Hall–Kier alpha value is -3.73.